The SMILES string of the molecule is CC(C)[C@H](CO)N1C(=O)[C@@H]2[C@@H](C(=O)Nc3ccccc3)[C@H]3CCC2(S3)C1C(=O)Nc1ccccc1Cl. The van der Waals surface area contributed by atoms with Crippen molar-refractivity contribution in [3.8, 4) is 0 Å². The molecule has 3 N–H and O–H groups in total. The van der Waals surface area contributed by atoms with Crippen LogP contribution in [0.4, 0.5) is 11.4 Å². The summed E-state index contributed by atoms with van der Waals surface area (Å²) in [6.45, 7) is 3.58. The molecule has 36 heavy (non-hydrogen) atoms. The molecule has 3 heterocycles. The lowest BCUT2D eigenvalue weighted by Crippen LogP contribution is -2.56. The Labute approximate surface area is 220 Å². The molecule has 7 nitrogen and oxygen atoms in total. The van der Waals surface area contributed by atoms with Crippen LogP contribution >= 0.6 is 23.4 Å². The molecule has 0 aromatic heterocycles. The molecule has 3 fully saturated rings. The Morgan fingerprint density at radius 3 is 2.47 bits per heavy atom. The largest absolute Gasteiger partial charge is 0.394 e. The van der Waals surface area contributed by atoms with Crippen LogP contribution in [0, 0.1) is 17.8 Å². The van der Waals surface area contributed by atoms with Gasteiger partial charge in [0, 0.05) is 10.9 Å². The second kappa shape index (κ2) is 9.72. The molecule has 9 heteroatoms. The fourth-order valence-electron chi connectivity index (χ4n) is 6.18. The van der Waals surface area contributed by atoms with Crippen molar-refractivity contribution < 1.29 is 19.5 Å². The number of nitrogens with zero attached hydrogens (tertiary/aromatic N) is 1. The monoisotopic (exact) mass is 527 g/mol. The lowest BCUT2D eigenvalue weighted by molar-refractivity contribution is -0.142. The van der Waals surface area contributed by atoms with Crippen molar-refractivity contribution in [1.29, 1.82) is 0 Å². The van der Waals surface area contributed by atoms with Crippen LogP contribution in [0.3, 0.4) is 0 Å². The first-order valence-electron chi connectivity index (χ1n) is 12.3. The molecular weight excluding hydrogens is 498 g/mol. The number of nitrogens with one attached hydrogen (secondary N) is 2. The number of thioether (sulfide) groups is 1. The minimum atomic E-state index is -0.824. The molecule has 3 amide bonds. The maximum Gasteiger partial charge on any atom is 0.248 e. The number of hydrogen-bond donors (Lipinski definition) is 3. The number of benzene rings is 2. The van der Waals surface area contributed by atoms with Crippen molar-refractivity contribution in [2.45, 2.75) is 48.8 Å². The van der Waals surface area contributed by atoms with Crippen molar-refractivity contribution in [1.82, 2.24) is 4.90 Å². The Kier molecular flexibility index (Phi) is 6.78. The summed E-state index contributed by atoms with van der Waals surface area (Å²) in [4.78, 5) is 43.1. The Hall–Kier alpha value is -2.55. The lowest BCUT2D eigenvalue weighted by Gasteiger charge is -2.38. The number of likely N-dealkylation sites (tertiary alicyclic amines) is 1. The molecule has 2 unspecified atom stereocenters. The molecule has 190 valence electrons. The highest BCUT2D eigenvalue weighted by Gasteiger charge is 2.74. The first-order valence-corrected chi connectivity index (χ1v) is 13.6. The maximum absolute atomic E-state index is 14.1. The van der Waals surface area contributed by atoms with E-state index in [1.165, 1.54) is 0 Å². The number of amides is 3. The van der Waals surface area contributed by atoms with E-state index >= 15 is 0 Å². The van der Waals surface area contributed by atoms with Gasteiger partial charge in [-0.25, -0.2) is 0 Å². The number of rotatable bonds is 7. The number of anilines is 2. The first-order chi connectivity index (χ1) is 17.3. The standard InChI is InChI=1S/C27H30ClN3O4S/c1-15(2)19(14-32)31-23(25(34)30-18-11-7-6-10-17(18)28)27-13-12-20(36-27)21(22(27)26(31)35)24(33)29-16-8-4-3-5-9-16/h3-11,15,19-23,32H,12-14H2,1-2H3,(H,29,33)(H,30,34)/t19-,20+,21-,22-,23?,27?/m0/s1. The number of fused-ring (bicyclic) bond motifs is 1. The van der Waals surface area contributed by atoms with E-state index in [1.54, 1.807) is 40.9 Å². The summed E-state index contributed by atoms with van der Waals surface area (Å²) in [7, 11) is 0. The Balaban J connectivity index is 1.52. The summed E-state index contributed by atoms with van der Waals surface area (Å²) in [5.41, 5.74) is 1.15. The number of aliphatic hydroxyl groups is 1. The highest BCUT2D eigenvalue weighted by Crippen LogP contribution is 2.66. The van der Waals surface area contributed by atoms with Crippen LogP contribution in [0.2, 0.25) is 5.02 Å². The number of hydrogen-bond acceptors (Lipinski definition) is 5. The maximum atomic E-state index is 14.1. The van der Waals surface area contributed by atoms with Crippen molar-refractivity contribution >= 4 is 52.5 Å². The quantitative estimate of drug-likeness (QED) is 0.505. The average molecular weight is 528 g/mol. The normalized spacial score (nSPS) is 29.4. The number of para-hydroxylation sites is 2. The summed E-state index contributed by atoms with van der Waals surface area (Å²) < 4.78 is -0.742. The van der Waals surface area contributed by atoms with E-state index in [1.807, 2.05) is 44.2 Å². The minimum Gasteiger partial charge on any atom is -0.394 e. The highest BCUT2D eigenvalue weighted by molar-refractivity contribution is 8.02. The Bertz CT molecular complexity index is 1180. The predicted molar refractivity (Wildman–Crippen MR) is 142 cm³/mol. The van der Waals surface area contributed by atoms with Gasteiger partial charge in [0.25, 0.3) is 0 Å². The van der Waals surface area contributed by atoms with Gasteiger partial charge >= 0.3 is 0 Å². The summed E-state index contributed by atoms with van der Waals surface area (Å²) >= 11 is 7.91. The third-order valence-corrected chi connectivity index (χ3v) is 10.1. The first kappa shape index (κ1) is 25.1. The van der Waals surface area contributed by atoms with E-state index in [-0.39, 0.29) is 35.5 Å². The molecule has 6 atom stereocenters. The van der Waals surface area contributed by atoms with Gasteiger partial charge in [-0.1, -0.05) is 55.8 Å². The molecule has 2 bridgehead atoms. The topological polar surface area (TPSA) is 98.7 Å². The van der Waals surface area contributed by atoms with E-state index in [0.717, 1.165) is 6.42 Å². The van der Waals surface area contributed by atoms with Crippen LogP contribution in [0.25, 0.3) is 0 Å². The third kappa shape index (κ3) is 3.99. The molecule has 2 aromatic rings. The van der Waals surface area contributed by atoms with Crippen molar-refractivity contribution in [3.05, 3.63) is 59.6 Å². The van der Waals surface area contributed by atoms with Crippen LogP contribution in [0.15, 0.2) is 54.6 Å². The van der Waals surface area contributed by atoms with Crippen LogP contribution in [0.5, 0.6) is 0 Å². The van der Waals surface area contributed by atoms with Gasteiger partial charge < -0.3 is 20.6 Å². The van der Waals surface area contributed by atoms with Crippen LogP contribution in [-0.4, -0.2) is 56.4 Å². The van der Waals surface area contributed by atoms with Crippen LogP contribution in [-0.2, 0) is 14.4 Å². The van der Waals surface area contributed by atoms with Crippen molar-refractivity contribution in [2.24, 2.45) is 17.8 Å². The Morgan fingerprint density at radius 2 is 1.81 bits per heavy atom. The molecule has 0 aliphatic carbocycles. The molecule has 0 radical (unpaired) electrons. The number of carbonyl (C=O) groups excluding carboxylic acids is 3. The van der Waals surface area contributed by atoms with E-state index in [0.29, 0.717) is 22.8 Å². The summed E-state index contributed by atoms with van der Waals surface area (Å²) in [6, 6.07) is 14.8. The summed E-state index contributed by atoms with van der Waals surface area (Å²) in [6.07, 6.45) is 1.40. The van der Waals surface area contributed by atoms with Crippen molar-refractivity contribution in [3.63, 3.8) is 0 Å². The van der Waals surface area contributed by atoms with Gasteiger partial charge in [0.1, 0.15) is 6.04 Å². The van der Waals surface area contributed by atoms with Gasteiger partial charge in [0.05, 0.1) is 39.9 Å². The lowest BCUT2D eigenvalue weighted by atomic mass is 9.70. The zero-order valence-electron chi connectivity index (χ0n) is 20.2. The zero-order valence-corrected chi connectivity index (χ0v) is 21.8. The average Bonchev–Trinajstić information content (AvgIpc) is 3.49. The summed E-state index contributed by atoms with van der Waals surface area (Å²) in [5.74, 6) is -2.04. The van der Waals surface area contributed by atoms with E-state index < -0.39 is 28.7 Å². The van der Waals surface area contributed by atoms with Crippen molar-refractivity contribution in [2.75, 3.05) is 17.2 Å². The fraction of sp³-hybridized carbons (Fsp3) is 0.444. The Morgan fingerprint density at radius 1 is 1.11 bits per heavy atom. The van der Waals surface area contributed by atoms with Gasteiger partial charge in [-0.3, -0.25) is 14.4 Å². The van der Waals surface area contributed by atoms with Gasteiger partial charge in [-0.15, -0.1) is 11.8 Å². The highest BCUT2D eigenvalue weighted by atomic mass is 35.5. The molecule has 1 spiro atoms. The molecule has 2 aromatic carbocycles. The van der Waals surface area contributed by atoms with E-state index in [4.69, 9.17) is 11.6 Å². The molecule has 3 saturated heterocycles. The number of aliphatic hydroxyl groups excluding tert-OH is 1. The second-order valence-corrected chi connectivity index (χ2v) is 12.1. The third-order valence-electron chi connectivity index (χ3n) is 7.78. The van der Waals surface area contributed by atoms with Crippen LogP contribution in [0.1, 0.15) is 26.7 Å². The smallest absolute Gasteiger partial charge is 0.248 e. The van der Waals surface area contributed by atoms with Gasteiger partial charge in [0.2, 0.25) is 17.7 Å². The van der Waals surface area contributed by atoms with Crippen LogP contribution < -0.4 is 10.6 Å². The number of halogens is 1. The second-order valence-electron chi connectivity index (χ2n) is 10.1. The van der Waals surface area contributed by atoms with E-state index in [2.05, 4.69) is 10.6 Å². The van der Waals surface area contributed by atoms with Gasteiger partial charge in [-0.2, -0.15) is 0 Å². The molecular formula is C27H30ClN3O4S. The summed E-state index contributed by atoms with van der Waals surface area (Å²) in [5, 5.41) is 16.5. The predicted octanol–water partition coefficient (Wildman–Crippen LogP) is 4.03. The van der Waals surface area contributed by atoms with Gasteiger partial charge in [-0.05, 0) is 43.0 Å². The molecule has 0 saturated carbocycles. The molecule has 5 rings (SSSR count). The molecule has 3 aliphatic heterocycles. The fourth-order valence-corrected chi connectivity index (χ4v) is 8.57. The molecule has 3 aliphatic rings. The number of carbonyl (C=O) groups is 3. The van der Waals surface area contributed by atoms with E-state index in [9.17, 15) is 19.5 Å². The minimum absolute atomic E-state index is 0.0490. The van der Waals surface area contributed by atoms with Gasteiger partial charge in [0.15, 0.2) is 0 Å². The zero-order chi connectivity index (χ0) is 25.6.